The van der Waals surface area contributed by atoms with Crippen molar-refractivity contribution in [3.8, 4) is 11.1 Å². The van der Waals surface area contributed by atoms with E-state index in [0.717, 1.165) is 36.8 Å². The monoisotopic (exact) mass is 318 g/mol. The minimum absolute atomic E-state index is 0.405. The van der Waals surface area contributed by atoms with Crippen molar-refractivity contribution in [1.29, 1.82) is 0 Å². The molecule has 1 atom stereocenters. The molecule has 0 saturated heterocycles. The Morgan fingerprint density at radius 1 is 1.05 bits per heavy atom. The Balaban J connectivity index is 1.77. The number of ketones is 1. The molecule has 0 aliphatic heterocycles. The first-order valence-electron chi connectivity index (χ1n) is 7.18. The van der Waals surface area contributed by atoms with E-state index in [2.05, 4.69) is 24.3 Å². The molecule has 2 aromatic carbocycles. The number of benzene rings is 2. The van der Waals surface area contributed by atoms with E-state index in [-0.39, 0.29) is 0 Å². The van der Waals surface area contributed by atoms with Crippen molar-refractivity contribution in [3.05, 3.63) is 58.1 Å². The number of carbonyl (C=O) groups is 1. The SMILES string of the molecule is O=C1CC[C@@H](Cc2ccc(-c3cc(Cl)ccc3Cl)cc2)C1. The van der Waals surface area contributed by atoms with Crippen LogP contribution in [-0.2, 0) is 11.2 Å². The molecule has 3 rings (SSSR count). The van der Waals surface area contributed by atoms with Gasteiger partial charge in [0.25, 0.3) is 0 Å². The van der Waals surface area contributed by atoms with Gasteiger partial charge in [-0.2, -0.15) is 0 Å². The lowest BCUT2D eigenvalue weighted by atomic mass is 9.96. The van der Waals surface area contributed by atoms with Crippen LogP contribution in [0.25, 0.3) is 11.1 Å². The number of hydrogen-bond donors (Lipinski definition) is 0. The lowest BCUT2D eigenvalue weighted by Gasteiger charge is -2.10. The molecule has 0 N–H and O–H groups in total. The Bertz CT molecular complexity index is 661. The molecule has 1 fully saturated rings. The Kier molecular flexibility index (Phi) is 4.32. The topological polar surface area (TPSA) is 17.1 Å². The summed E-state index contributed by atoms with van der Waals surface area (Å²) in [6.07, 6.45) is 3.50. The molecule has 2 aromatic rings. The van der Waals surface area contributed by atoms with Crippen LogP contribution in [0.4, 0.5) is 0 Å². The van der Waals surface area contributed by atoms with E-state index in [1.54, 1.807) is 6.07 Å². The van der Waals surface area contributed by atoms with E-state index < -0.39 is 0 Å². The van der Waals surface area contributed by atoms with E-state index in [0.29, 0.717) is 21.7 Å². The van der Waals surface area contributed by atoms with Crippen molar-refractivity contribution in [2.24, 2.45) is 5.92 Å². The molecule has 3 heteroatoms. The van der Waals surface area contributed by atoms with Crippen molar-refractivity contribution in [1.82, 2.24) is 0 Å². The highest BCUT2D eigenvalue weighted by atomic mass is 35.5. The number of Topliss-reactive ketones (excluding diaryl/α,β-unsaturated/α-hetero) is 1. The van der Waals surface area contributed by atoms with Crippen molar-refractivity contribution >= 4 is 29.0 Å². The van der Waals surface area contributed by atoms with Crippen LogP contribution in [0.3, 0.4) is 0 Å². The van der Waals surface area contributed by atoms with Gasteiger partial charge in [-0.25, -0.2) is 0 Å². The smallest absolute Gasteiger partial charge is 0.133 e. The van der Waals surface area contributed by atoms with Gasteiger partial charge >= 0.3 is 0 Å². The van der Waals surface area contributed by atoms with Crippen LogP contribution < -0.4 is 0 Å². The summed E-state index contributed by atoms with van der Waals surface area (Å²) < 4.78 is 0. The van der Waals surface area contributed by atoms with Crippen molar-refractivity contribution in [2.45, 2.75) is 25.7 Å². The quantitative estimate of drug-likeness (QED) is 0.722. The predicted octanol–water partition coefficient (Wildman–Crippen LogP) is 5.57. The van der Waals surface area contributed by atoms with E-state index >= 15 is 0 Å². The van der Waals surface area contributed by atoms with Gasteiger partial charge in [-0.15, -0.1) is 0 Å². The van der Waals surface area contributed by atoms with Crippen LogP contribution in [-0.4, -0.2) is 5.78 Å². The predicted molar refractivity (Wildman–Crippen MR) is 88.0 cm³/mol. The van der Waals surface area contributed by atoms with E-state index in [4.69, 9.17) is 23.2 Å². The highest BCUT2D eigenvalue weighted by Crippen LogP contribution is 2.31. The summed E-state index contributed by atoms with van der Waals surface area (Å²) in [4.78, 5) is 11.3. The first kappa shape index (κ1) is 14.6. The van der Waals surface area contributed by atoms with Gasteiger partial charge in [0.15, 0.2) is 0 Å². The highest BCUT2D eigenvalue weighted by Gasteiger charge is 2.22. The van der Waals surface area contributed by atoms with Crippen molar-refractivity contribution in [3.63, 3.8) is 0 Å². The van der Waals surface area contributed by atoms with E-state index in [9.17, 15) is 4.79 Å². The van der Waals surface area contributed by atoms with Gasteiger partial charge in [-0.1, -0.05) is 47.5 Å². The van der Waals surface area contributed by atoms with Crippen LogP contribution in [0.15, 0.2) is 42.5 Å². The van der Waals surface area contributed by atoms with Crippen molar-refractivity contribution < 1.29 is 4.79 Å². The maximum absolute atomic E-state index is 11.3. The molecule has 1 saturated carbocycles. The molecule has 0 aromatic heterocycles. The summed E-state index contributed by atoms with van der Waals surface area (Å²) >= 11 is 12.3. The Morgan fingerprint density at radius 2 is 1.81 bits per heavy atom. The molecular weight excluding hydrogens is 303 g/mol. The molecule has 21 heavy (non-hydrogen) atoms. The Morgan fingerprint density at radius 3 is 2.48 bits per heavy atom. The molecule has 0 bridgehead atoms. The van der Waals surface area contributed by atoms with Gasteiger partial charge in [-0.3, -0.25) is 4.79 Å². The van der Waals surface area contributed by atoms with Crippen LogP contribution in [0, 0.1) is 5.92 Å². The highest BCUT2D eigenvalue weighted by molar-refractivity contribution is 6.35. The zero-order valence-corrected chi connectivity index (χ0v) is 13.1. The summed E-state index contributed by atoms with van der Waals surface area (Å²) in [7, 11) is 0. The van der Waals surface area contributed by atoms with Crippen molar-refractivity contribution in [2.75, 3.05) is 0 Å². The van der Waals surface area contributed by atoms with Crippen LogP contribution in [0.1, 0.15) is 24.8 Å². The first-order chi connectivity index (χ1) is 10.1. The largest absolute Gasteiger partial charge is 0.300 e. The zero-order valence-electron chi connectivity index (χ0n) is 11.6. The Hall–Kier alpha value is -1.31. The average Bonchev–Trinajstić information content (AvgIpc) is 2.88. The van der Waals surface area contributed by atoms with Gasteiger partial charge in [-0.05, 0) is 48.1 Å². The third-order valence-electron chi connectivity index (χ3n) is 4.07. The van der Waals surface area contributed by atoms with Gasteiger partial charge in [0.05, 0.1) is 0 Å². The zero-order chi connectivity index (χ0) is 14.8. The number of halogens is 2. The lowest BCUT2D eigenvalue weighted by Crippen LogP contribution is -2.00. The third-order valence-corrected chi connectivity index (χ3v) is 4.63. The first-order valence-corrected chi connectivity index (χ1v) is 7.93. The van der Waals surface area contributed by atoms with Gasteiger partial charge in [0.1, 0.15) is 5.78 Å². The van der Waals surface area contributed by atoms with Gasteiger partial charge in [0, 0.05) is 28.5 Å². The summed E-state index contributed by atoms with van der Waals surface area (Å²) in [5.74, 6) is 0.917. The molecular formula is C18H16Cl2O. The fourth-order valence-electron chi connectivity index (χ4n) is 2.94. The third kappa shape index (κ3) is 3.48. The minimum atomic E-state index is 0.405. The summed E-state index contributed by atoms with van der Waals surface area (Å²) in [5, 5.41) is 1.39. The maximum Gasteiger partial charge on any atom is 0.133 e. The fourth-order valence-corrected chi connectivity index (χ4v) is 3.34. The van der Waals surface area contributed by atoms with E-state index in [1.807, 2.05) is 12.1 Å². The number of rotatable bonds is 3. The molecule has 0 unspecified atom stereocenters. The average molecular weight is 319 g/mol. The van der Waals surface area contributed by atoms with Gasteiger partial charge < -0.3 is 0 Å². The lowest BCUT2D eigenvalue weighted by molar-refractivity contribution is -0.117. The molecule has 0 heterocycles. The molecule has 1 nitrogen and oxygen atoms in total. The molecule has 1 aliphatic carbocycles. The normalized spacial score (nSPS) is 18.2. The van der Waals surface area contributed by atoms with Gasteiger partial charge in [0.2, 0.25) is 0 Å². The molecule has 0 amide bonds. The molecule has 108 valence electrons. The summed E-state index contributed by atoms with van der Waals surface area (Å²) in [5.41, 5.74) is 3.29. The molecule has 1 aliphatic rings. The molecule has 0 radical (unpaired) electrons. The summed E-state index contributed by atoms with van der Waals surface area (Å²) in [6.45, 7) is 0. The second-order valence-corrected chi connectivity index (χ2v) is 6.52. The minimum Gasteiger partial charge on any atom is -0.300 e. The van der Waals surface area contributed by atoms with Crippen LogP contribution in [0.5, 0.6) is 0 Å². The molecule has 0 spiro atoms. The Labute approximate surface area is 134 Å². The maximum atomic E-state index is 11.3. The number of hydrogen-bond acceptors (Lipinski definition) is 1. The van der Waals surface area contributed by atoms with E-state index in [1.165, 1.54) is 5.56 Å². The second-order valence-electron chi connectivity index (χ2n) is 5.67. The second kappa shape index (κ2) is 6.21. The van der Waals surface area contributed by atoms with Crippen LogP contribution in [0.2, 0.25) is 10.0 Å². The standard InChI is InChI=1S/C18H16Cl2O/c19-15-6-8-18(20)17(11-15)14-4-1-12(2-5-14)9-13-3-7-16(21)10-13/h1-2,4-6,8,11,13H,3,7,9-10H2/t13-/m0/s1. The number of carbonyl (C=O) groups excluding carboxylic acids is 1. The summed E-state index contributed by atoms with van der Waals surface area (Å²) in [6, 6.07) is 13.9. The van der Waals surface area contributed by atoms with Crippen LogP contribution >= 0.6 is 23.2 Å². The fraction of sp³-hybridized carbons (Fsp3) is 0.278.